The first-order chi connectivity index (χ1) is 7.99. The lowest BCUT2D eigenvalue weighted by molar-refractivity contribution is 0.601. The maximum Gasteiger partial charge on any atom is 0.129 e. The van der Waals surface area contributed by atoms with Crippen LogP contribution in [0.3, 0.4) is 0 Å². The number of benzene rings is 1. The van der Waals surface area contributed by atoms with Gasteiger partial charge in [0.1, 0.15) is 10.2 Å². The van der Waals surface area contributed by atoms with Gasteiger partial charge in [-0.3, -0.25) is 0 Å². The van der Waals surface area contributed by atoms with Gasteiger partial charge in [-0.05, 0) is 34.1 Å². The predicted molar refractivity (Wildman–Crippen MR) is 74.5 cm³/mol. The van der Waals surface area contributed by atoms with Crippen LogP contribution in [-0.4, -0.2) is 0 Å². The minimum absolute atomic E-state index is 0.351. The Morgan fingerprint density at radius 2 is 2.00 bits per heavy atom. The number of nitrogens with two attached hydrogens (primary N) is 1. The average molecular weight is 355 g/mol. The van der Waals surface area contributed by atoms with Crippen LogP contribution in [-0.2, 0) is 0 Å². The zero-order valence-electron chi connectivity index (χ0n) is 8.38. The summed E-state index contributed by atoms with van der Waals surface area (Å²) in [6, 6.07) is 5.71. The van der Waals surface area contributed by atoms with Gasteiger partial charge in [0.15, 0.2) is 0 Å². The van der Waals surface area contributed by atoms with Crippen LogP contribution >= 0.6 is 50.5 Å². The molecule has 1 aromatic carbocycles. The number of rotatable bonds is 2. The van der Waals surface area contributed by atoms with Crippen molar-refractivity contribution in [2.45, 2.75) is 6.04 Å². The third-order valence-electron chi connectivity index (χ3n) is 2.27. The predicted octanol–water partition coefficient (Wildman–Crippen LogP) is 5.00. The van der Waals surface area contributed by atoms with Crippen LogP contribution in [0.2, 0.25) is 9.36 Å². The average Bonchev–Trinajstić information content (AvgIpc) is 2.58. The van der Waals surface area contributed by atoms with Crippen molar-refractivity contribution in [3.05, 3.63) is 54.4 Å². The van der Waals surface area contributed by atoms with Crippen LogP contribution < -0.4 is 5.73 Å². The molecule has 6 heteroatoms. The van der Waals surface area contributed by atoms with Crippen molar-refractivity contribution in [3.8, 4) is 0 Å². The quantitative estimate of drug-likeness (QED) is 0.806. The zero-order chi connectivity index (χ0) is 12.6. The summed E-state index contributed by atoms with van der Waals surface area (Å²) in [7, 11) is 0. The van der Waals surface area contributed by atoms with Crippen molar-refractivity contribution >= 4 is 50.5 Å². The summed E-state index contributed by atoms with van der Waals surface area (Å²) in [6.07, 6.45) is 0. The summed E-state index contributed by atoms with van der Waals surface area (Å²) in [5.74, 6) is -0.411. The van der Waals surface area contributed by atoms with Crippen molar-refractivity contribution in [2.75, 3.05) is 0 Å². The first-order valence-corrected chi connectivity index (χ1v) is 7.01. The Hall–Kier alpha value is -0.130. The summed E-state index contributed by atoms with van der Waals surface area (Å²) in [6.45, 7) is 0. The molecule has 0 amide bonds. The molecule has 0 aliphatic heterocycles. The topological polar surface area (TPSA) is 26.0 Å². The number of hydrogen-bond acceptors (Lipinski definition) is 2. The van der Waals surface area contributed by atoms with Crippen molar-refractivity contribution in [2.24, 2.45) is 5.73 Å². The molecule has 1 nitrogen and oxygen atoms in total. The first kappa shape index (κ1) is 13.3. The molecular weight excluding hydrogens is 348 g/mol. The van der Waals surface area contributed by atoms with E-state index in [0.29, 0.717) is 14.9 Å². The van der Waals surface area contributed by atoms with Crippen LogP contribution in [0.5, 0.6) is 0 Å². The van der Waals surface area contributed by atoms with Gasteiger partial charge in [0.05, 0.1) is 6.04 Å². The van der Waals surface area contributed by atoms with E-state index in [-0.39, 0.29) is 0 Å². The van der Waals surface area contributed by atoms with Gasteiger partial charge in [-0.25, -0.2) is 4.39 Å². The maximum absolute atomic E-state index is 13.7. The lowest BCUT2D eigenvalue weighted by atomic mass is 10.1. The molecule has 2 N–H and O–H groups in total. The Balaban J connectivity index is 2.39. The summed E-state index contributed by atoms with van der Waals surface area (Å²) < 4.78 is 15.1. The highest BCUT2D eigenvalue weighted by Crippen LogP contribution is 2.37. The molecule has 1 heterocycles. The van der Waals surface area contributed by atoms with Crippen molar-refractivity contribution in [1.29, 1.82) is 0 Å². The Kier molecular flexibility index (Phi) is 4.10. The number of halogens is 4. The highest BCUT2D eigenvalue weighted by atomic mass is 79.9. The smallest absolute Gasteiger partial charge is 0.129 e. The van der Waals surface area contributed by atoms with Crippen LogP contribution in [0.4, 0.5) is 4.39 Å². The first-order valence-electron chi connectivity index (χ1n) is 4.64. The van der Waals surface area contributed by atoms with Gasteiger partial charge >= 0.3 is 0 Å². The Morgan fingerprint density at radius 1 is 1.29 bits per heavy atom. The number of thiophene rings is 1. The lowest BCUT2D eigenvalue weighted by Crippen LogP contribution is -2.12. The summed E-state index contributed by atoms with van der Waals surface area (Å²) in [4.78, 5) is 0.795. The van der Waals surface area contributed by atoms with E-state index >= 15 is 0 Å². The van der Waals surface area contributed by atoms with E-state index in [1.807, 2.05) is 0 Å². The maximum atomic E-state index is 13.7. The van der Waals surface area contributed by atoms with Gasteiger partial charge in [-0.1, -0.05) is 29.3 Å². The molecule has 0 radical (unpaired) electrons. The summed E-state index contributed by atoms with van der Waals surface area (Å²) in [5.41, 5.74) is 6.40. The molecule has 0 aliphatic rings. The van der Waals surface area contributed by atoms with Gasteiger partial charge in [0.25, 0.3) is 0 Å². The van der Waals surface area contributed by atoms with Crippen LogP contribution in [0.25, 0.3) is 0 Å². The van der Waals surface area contributed by atoms with E-state index in [1.165, 1.54) is 17.4 Å². The monoisotopic (exact) mass is 353 g/mol. The molecule has 0 fully saturated rings. The molecule has 1 aromatic heterocycles. The van der Waals surface area contributed by atoms with Crippen molar-refractivity contribution < 1.29 is 4.39 Å². The molecule has 2 rings (SSSR count). The summed E-state index contributed by atoms with van der Waals surface area (Å²) >= 11 is 16.2. The minimum Gasteiger partial charge on any atom is -0.320 e. The SMILES string of the molecule is NC(c1cc(Br)c(Cl)s1)c1ccc(Cl)cc1F. The van der Waals surface area contributed by atoms with E-state index < -0.39 is 11.9 Å². The van der Waals surface area contributed by atoms with Gasteiger partial charge in [-0.15, -0.1) is 11.3 Å². The van der Waals surface area contributed by atoms with Gasteiger partial charge < -0.3 is 5.73 Å². The minimum atomic E-state index is -0.541. The van der Waals surface area contributed by atoms with Crippen molar-refractivity contribution in [1.82, 2.24) is 0 Å². The Bertz CT molecular complexity index is 539. The Labute approximate surface area is 120 Å². The van der Waals surface area contributed by atoms with Crippen molar-refractivity contribution in [3.63, 3.8) is 0 Å². The van der Waals surface area contributed by atoms with E-state index in [9.17, 15) is 4.39 Å². The fourth-order valence-corrected chi connectivity index (χ4v) is 3.34. The van der Waals surface area contributed by atoms with E-state index in [2.05, 4.69) is 15.9 Å². The van der Waals surface area contributed by atoms with Gasteiger partial charge in [0.2, 0.25) is 0 Å². The fourth-order valence-electron chi connectivity index (χ4n) is 1.42. The second-order valence-corrected chi connectivity index (χ2v) is 6.39. The molecule has 0 aliphatic carbocycles. The van der Waals surface area contributed by atoms with E-state index in [0.717, 1.165) is 9.35 Å². The Morgan fingerprint density at radius 3 is 2.53 bits per heavy atom. The molecule has 0 bridgehead atoms. The number of hydrogen-bond donors (Lipinski definition) is 1. The molecule has 0 spiro atoms. The normalized spacial score (nSPS) is 12.8. The molecule has 1 atom stereocenters. The van der Waals surface area contributed by atoms with E-state index in [4.69, 9.17) is 28.9 Å². The van der Waals surface area contributed by atoms with Crippen LogP contribution in [0, 0.1) is 5.82 Å². The highest BCUT2D eigenvalue weighted by Gasteiger charge is 2.17. The molecule has 2 aromatic rings. The third-order valence-corrected chi connectivity index (χ3v) is 5.06. The zero-order valence-corrected chi connectivity index (χ0v) is 12.3. The standard InChI is InChI=1S/C11H7BrCl2FNS/c12-7-4-9(17-11(7)14)10(16)6-2-1-5(13)3-8(6)15/h1-4,10H,16H2. The second-order valence-electron chi connectivity index (χ2n) is 3.41. The fraction of sp³-hybridized carbons (Fsp3) is 0.0909. The largest absolute Gasteiger partial charge is 0.320 e. The van der Waals surface area contributed by atoms with Crippen LogP contribution in [0.1, 0.15) is 16.5 Å². The third kappa shape index (κ3) is 2.83. The molecule has 0 saturated carbocycles. The lowest BCUT2D eigenvalue weighted by Gasteiger charge is -2.11. The van der Waals surface area contributed by atoms with E-state index in [1.54, 1.807) is 18.2 Å². The second kappa shape index (κ2) is 5.24. The van der Waals surface area contributed by atoms with Gasteiger partial charge in [0, 0.05) is 19.9 Å². The summed E-state index contributed by atoms with van der Waals surface area (Å²) in [5, 5.41) is 0.351. The molecule has 90 valence electrons. The highest BCUT2D eigenvalue weighted by molar-refractivity contribution is 9.10. The molecule has 17 heavy (non-hydrogen) atoms. The molecule has 0 saturated heterocycles. The van der Waals surface area contributed by atoms with Crippen LogP contribution in [0.15, 0.2) is 28.7 Å². The molecular formula is C11H7BrCl2FNS. The van der Waals surface area contributed by atoms with Gasteiger partial charge in [-0.2, -0.15) is 0 Å². The molecule has 1 unspecified atom stereocenters.